The first-order chi connectivity index (χ1) is 8.13. The van der Waals surface area contributed by atoms with Gasteiger partial charge in [-0.05, 0) is 12.8 Å². The maximum absolute atomic E-state index is 10.8. The van der Waals surface area contributed by atoms with Gasteiger partial charge in [0.1, 0.15) is 0 Å². The van der Waals surface area contributed by atoms with Gasteiger partial charge in [0.25, 0.3) is 0 Å². The van der Waals surface area contributed by atoms with Crippen LogP contribution in [0.15, 0.2) is 10.4 Å². The molecule has 102 valence electrons. The van der Waals surface area contributed by atoms with Crippen molar-refractivity contribution in [1.29, 1.82) is 0 Å². The summed E-state index contributed by atoms with van der Waals surface area (Å²) in [6, 6.07) is 0. The van der Waals surface area contributed by atoms with Gasteiger partial charge >= 0.3 is 6.09 Å². The van der Waals surface area contributed by atoms with E-state index >= 15 is 0 Å². The third-order valence-electron chi connectivity index (χ3n) is 3.33. The van der Waals surface area contributed by atoms with Crippen molar-refractivity contribution in [2.45, 2.75) is 18.8 Å². The Kier molecular flexibility index (Phi) is 5.40. The number of carboxylic acid groups (broad SMARTS) is 1. The van der Waals surface area contributed by atoms with Crippen LogP contribution < -0.4 is 4.80 Å². The Morgan fingerprint density at radius 2 is 2.11 bits per heavy atom. The summed E-state index contributed by atoms with van der Waals surface area (Å²) in [6.07, 6.45) is 1.00. The number of piperidine rings is 1. The number of halogens is 1. The van der Waals surface area contributed by atoms with Crippen molar-refractivity contribution in [2.24, 2.45) is 12.0 Å². The van der Waals surface area contributed by atoms with Crippen LogP contribution in [0.1, 0.15) is 24.5 Å². The highest BCUT2D eigenvalue weighted by atomic mass is 79.9. The molecule has 0 unspecified atom stereocenters. The molecular formula is C11H18BrN3O2S. The molecule has 5 nitrogen and oxygen atoms in total. The van der Waals surface area contributed by atoms with Gasteiger partial charge in [-0.15, -0.1) is 28.3 Å². The van der Waals surface area contributed by atoms with Crippen LogP contribution in [-0.2, 0) is 7.05 Å². The lowest BCUT2D eigenvalue weighted by Gasteiger charge is -2.30. The highest BCUT2D eigenvalue weighted by molar-refractivity contribution is 8.93. The highest BCUT2D eigenvalue weighted by Gasteiger charge is 2.25. The molecule has 0 radical (unpaired) electrons. The fraction of sp³-hybridized carbons (Fsp3) is 0.636. The molecule has 18 heavy (non-hydrogen) atoms. The Morgan fingerprint density at radius 1 is 1.50 bits per heavy atom. The van der Waals surface area contributed by atoms with Crippen LogP contribution in [0.2, 0.25) is 0 Å². The van der Waals surface area contributed by atoms with E-state index in [0.717, 1.165) is 17.6 Å². The van der Waals surface area contributed by atoms with Gasteiger partial charge in [-0.1, -0.05) is 0 Å². The van der Waals surface area contributed by atoms with E-state index in [1.807, 2.05) is 7.05 Å². The molecule has 0 aliphatic carbocycles. The molecule has 1 aliphatic rings. The van der Waals surface area contributed by atoms with Crippen molar-refractivity contribution >= 4 is 34.4 Å². The first-order valence-corrected chi connectivity index (χ1v) is 6.56. The zero-order valence-corrected chi connectivity index (χ0v) is 13.0. The minimum absolute atomic E-state index is 0. The molecule has 1 amide bonds. The van der Waals surface area contributed by atoms with Crippen LogP contribution in [0, 0.1) is 0 Å². The summed E-state index contributed by atoms with van der Waals surface area (Å²) in [5.41, 5.74) is 1.28. The van der Waals surface area contributed by atoms with Gasteiger partial charge in [0.15, 0.2) is 4.80 Å². The summed E-state index contributed by atoms with van der Waals surface area (Å²) in [5, 5.41) is 11.0. The number of carbonyl (C=O) groups is 1. The quantitative estimate of drug-likeness (QED) is 0.853. The van der Waals surface area contributed by atoms with Crippen LogP contribution in [0.25, 0.3) is 0 Å². The Balaban J connectivity index is 0.00000162. The molecule has 0 bridgehead atoms. The zero-order chi connectivity index (χ0) is 12.4. The normalized spacial score (nSPS) is 17.7. The van der Waals surface area contributed by atoms with Crippen LogP contribution in [0.5, 0.6) is 0 Å². The summed E-state index contributed by atoms with van der Waals surface area (Å²) in [5.74, 6) is 0.461. The third kappa shape index (κ3) is 2.95. The number of likely N-dealkylation sites (tertiary alicyclic amines) is 1. The van der Waals surface area contributed by atoms with E-state index in [4.69, 9.17) is 5.11 Å². The number of aromatic nitrogens is 1. The van der Waals surface area contributed by atoms with Crippen LogP contribution in [0.4, 0.5) is 4.79 Å². The molecular weight excluding hydrogens is 318 g/mol. The maximum Gasteiger partial charge on any atom is 0.407 e. The van der Waals surface area contributed by atoms with Crippen molar-refractivity contribution in [3.05, 3.63) is 15.9 Å². The van der Waals surface area contributed by atoms with Gasteiger partial charge in [-0.2, -0.15) is 0 Å². The second-order valence-corrected chi connectivity index (χ2v) is 5.11. The SMILES string of the molecule is Br.C/N=c1\scc(C2CCN(C(=O)O)CC2)n1C. The fourth-order valence-corrected chi connectivity index (χ4v) is 3.27. The summed E-state index contributed by atoms with van der Waals surface area (Å²) < 4.78 is 2.12. The van der Waals surface area contributed by atoms with Crippen molar-refractivity contribution in [3.63, 3.8) is 0 Å². The molecule has 7 heteroatoms. The van der Waals surface area contributed by atoms with Gasteiger partial charge in [0.2, 0.25) is 0 Å². The zero-order valence-electron chi connectivity index (χ0n) is 10.5. The van der Waals surface area contributed by atoms with Crippen LogP contribution >= 0.6 is 28.3 Å². The molecule has 1 N–H and O–H groups in total. The smallest absolute Gasteiger partial charge is 0.407 e. The van der Waals surface area contributed by atoms with Gasteiger partial charge < -0.3 is 14.6 Å². The van der Waals surface area contributed by atoms with E-state index in [2.05, 4.69) is 14.9 Å². The number of nitrogens with zero attached hydrogens (tertiary/aromatic N) is 3. The molecule has 1 aliphatic heterocycles. The van der Waals surface area contributed by atoms with Crippen molar-refractivity contribution in [3.8, 4) is 0 Å². The Morgan fingerprint density at radius 3 is 2.56 bits per heavy atom. The van der Waals surface area contributed by atoms with Crippen molar-refractivity contribution in [1.82, 2.24) is 9.47 Å². The topological polar surface area (TPSA) is 57.8 Å². The number of rotatable bonds is 1. The molecule has 1 saturated heterocycles. The van der Waals surface area contributed by atoms with Crippen molar-refractivity contribution < 1.29 is 9.90 Å². The Hall–Kier alpha value is -0.820. The molecule has 1 aromatic rings. The fourth-order valence-electron chi connectivity index (χ4n) is 2.32. The van der Waals surface area contributed by atoms with E-state index in [1.54, 1.807) is 18.4 Å². The van der Waals surface area contributed by atoms with E-state index in [1.165, 1.54) is 10.6 Å². The lowest BCUT2D eigenvalue weighted by atomic mass is 9.94. The maximum atomic E-state index is 10.8. The summed E-state index contributed by atoms with van der Waals surface area (Å²) >= 11 is 1.64. The molecule has 0 atom stereocenters. The highest BCUT2D eigenvalue weighted by Crippen LogP contribution is 2.27. The standard InChI is InChI=1S/C11H17N3O2S.BrH/c1-12-10-13(2)9(7-17-10)8-3-5-14(6-4-8)11(15)16;/h7-8H,3-6H2,1-2H3,(H,15,16);1H/b12-10-;. The molecule has 0 aromatic carbocycles. The van der Waals surface area contributed by atoms with E-state index in [-0.39, 0.29) is 17.0 Å². The third-order valence-corrected chi connectivity index (χ3v) is 4.36. The van der Waals surface area contributed by atoms with Crippen LogP contribution in [-0.4, -0.2) is 40.8 Å². The predicted octanol–water partition coefficient (Wildman–Crippen LogP) is 2.05. The minimum atomic E-state index is -0.803. The predicted molar refractivity (Wildman–Crippen MR) is 76.7 cm³/mol. The van der Waals surface area contributed by atoms with Crippen molar-refractivity contribution in [2.75, 3.05) is 20.1 Å². The average molecular weight is 336 g/mol. The minimum Gasteiger partial charge on any atom is -0.465 e. The lowest BCUT2D eigenvalue weighted by molar-refractivity contribution is 0.131. The largest absolute Gasteiger partial charge is 0.465 e. The van der Waals surface area contributed by atoms with E-state index < -0.39 is 6.09 Å². The monoisotopic (exact) mass is 335 g/mol. The molecule has 2 rings (SSSR count). The first-order valence-electron chi connectivity index (χ1n) is 5.68. The number of amides is 1. The lowest BCUT2D eigenvalue weighted by Crippen LogP contribution is -2.37. The summed E-state index contributed by atoms with van der Waals surface area (Å²) in [7, 11) is 3.82. The second kappa shape index (κ2) is 6.38. The molecule has 1 aromatic heterocycles. The van der Waals surface area contributed by atoms with Gasteiger partial charge in [-0.25, -0.2) is 4.79 Å². The molecule has 1 fully saturated rings. The van der Waals surface area contributed by atoms with Gasteiger partial charge in [0, 0.05) is 44.2 Å². The van der Waals surface area contributed by atoms with Gasteiger partial charge in [-0.3, -0.25) is 4.99 Å². The van der Waals surface area contributed by atoms with E-state index in [9.17, 15) is 4.79 Å². The Labute approximate surface area is 121 Å². The first kappa shape index (κ1) is 15.2. The average Bonchev–Trinajstić information content (AvgIpc) is 2.70. The molecule has 2 heterocycles. The van der Waals surface area contributed by atoms with Crippen LogP contribution in [0.3, 0.4) is 0 Å². The Bertz CT molecular complexity index is 475. The van der Waals surface area contributed by atoms with Gasteiger partial charge in [0.05, 0.1) is 0 Å². The number of hydrogen-bond acceptors (Lipinski definition) is 3. The molecule has 0 spiro atoms. The molecule has 0 saturated carbocycles. The number of hydrogen-bond donors (Lipinski definition) is 1. The summed E-state index contributed by atoms with van der Waals surface area (Å²) in [4.78, 5) is 17.5. The second-order valence-electron chi connectivity index (χ2n) is 4.27. The summed E-state index contributed by atoms with van der Waals surface area (Å²) in [6.45, 7) is 1.27. The number of thiazole rings is 1. The van der Waals surface area contributed by atoms with E-state index in [0.29, 0.717) is 19.0 Å².